The highest BCUT2D eigenvalue weighted by molar-refractivity contribution is 9.10. The molecule has 5 nitrogen and oxygen atoms in total. The number of nitrogens with two attached hydrogens (primary N) is 1. The van der Waals surface area contributed by atoms with Crippen molar-refractivity contribution in [1.82, 2.24) is 20.2 Å². The van der Waals surface area contributed by atoms with Gasteiger partial charge in [0.25, 0.3) is 0 Å². The molecule has 1 saturated carbocycles. The van der Waals surface area contributed by atoms with Gasteiger partial charge in [0.05, 0.1) is 6.04 Å². The zero-order valence-corrected chi connectivity index (χ0v) is 12.6. The predicted octanol–water partition coefficient (Wildman–Crippen LogP) is 2.96. The molecule has 0 aliphatic heterocycles. The van der Waals surface area contributed by atoms with Crippen LogP contribution < -0.4 is 5.73 Å². The van der Waals surface area contributed by atoms with E-state index in [9.17, 15) is 0 Å². The van der Waals surface area contributed by atoms with E-state index < -0.39 is 0 Å². The second kappa shape index (κ2) is 4.59. The van der Waals surface area contributed by atoms with Crippen LogP contribution in [0.4, 0.5) is 5.69 Å². The number of rotatable bonds is 3. The fourth-order valence-corrected chi connectivity index (χ4v) is 2.83. The summed E-state index contributed by atoms with van der Waals surface area (Å²) in [7, 11) is 0. The zero-order valence-electron chi connectivity index (χ0n) is 11.0. The normalized spacial score (nSPS) is 16.6. The molecule has 1 unspecified atom stereocenters. The monoisotopic (exact) mass is 321 g/mol. The maximum atomic E-state index is 6.02. The summed E-state index contributed by atoms with van der Waals surface area (Å²) >= 11 is 3.48. The molecule has 1 fully saturated rings. The van der Waals surface area contributed by atoms with Crippen molar-refractivity contribution in [1.29, 1.82) is 0 Å². The molecule has 1 aromatic heterocycles. The zero-order chi connectivity index (χ0) is 13.6. The second-order valence-corrected chi connectivity index (χ2v) is 6.11. The second-order valence-electron chi connectivity index (χ2n) is 5.19. The maximum Gasteiger partial charge on any atom is 0.182 e. The van der Waals surface area contributed by atoms with Gasteiger partial charge in [-0.3, -0.25) is 0 Å². The molecule has 1 heterocycles. The summed E-state index contributed by atoms with van der Waals surface area (Å²) in [4.78, 5) is 0. The molecule has 0 bridgehead atoms. The van der Waals surface area contributed by atoms with Crippen LogP contribution in [0.2, 0.25) is 0 Å². The number of halogens is 1. The Morgan fingerprint density at radius 1 is 1.42 bits per heavy atom. The fourth-order valence-electron chi connectivity index (χ4n) is 2.36. The Kier molecular flexibility index (Phi) is 3.05. The van der Waals surface area contributed by atoms with Crippen LogP contribution in [0.25, 0.3) is 11.4 Å². The Labute approximate surface area is 120 Å². The van der Waals surface area contributed by atoms with Gasteiger partial charge in [0, 0.05) is 15.7 Å². The van der Waals surface area contributed by atoms with Gasteiger partial charge in [0.2, 0.25) is 0 Å². The van der Waals surface area contributed by atoms with Gasteiger partial charge in [-0.15, -0.1) is 5.10 Å². The molecule has 0 spiro atoms. The Hall–Kier alpha value is -1.43. The van der Waals surface area contributed by atoms with Crippen molar-refractivity contribution < 1.29 is 0 Å². The average molecular weight is 322 g/mol. The lowest BCUT2D eigenvalue weighted by Crippen LogP contribution is -2.11. The quantitative estimate of drug-likeness (QED) is 0.882. The van der Waals surface area contributed by atoms with E-state index in [-0.39, 0.29) is 0 Å². The van der Waals surface area contributed by atoms with Crippen LogP contribution in [0, 0.1) is 12.8 Å². The standard InChI is InChI=1S/C13H16BrN5/c1-7-11(5-10(14)6-12(7)15)13-16-17-18-19(13)8(2)9-3-4-9/h5-6,8-9H,3-4,15H2,1-2H3. The van der Waals surface area contributed by atoms with Crippen LogP contribution in [-0.2, 0) is 0 Å². The Bertz CT molecular complexity index is 617. The lowest BCUT2D eigenvalue weighted by atomic mass is 10.1. The SMILES string of the molecule is Cc1c(N)cc(Br)cc1-c1nnnn1C(C)C1CC1. The van der Waals surface area contributed by atoms with Gasteiger partial charge in [-0.1, -0.05) is 15.9 Å². The molecule has 1 aliphatic carbocycles. The number of nitrogen functional groups attached to an aromatic ring is 1. The molecule has 6 heteroatoms. The molecular formula is C13H16BrN5. The van der Waals surface area contributed by atoms with E-state index in [4.69, 9.17) is 5.73 Å². The van der Waals surface area contributed by atoms with E-state index in [1.807, 2.05) is 23.7 Å². The predicted molar refractivity (Wildman–Crippen MR) is 77.5 cm³/mol. The summed E-state index contributed by atoms with van der Waals surface area (Å²) in [5.74, 6) is 1.50. The lowest BCUT2D eigenvalue weighted by Gasteiger charge is -2.14. The van der Waals surface area contributed by atoms with Crippen LogP contribution in [0.1, 0.15) is 31.4 Å². The summed E-state index contributed by atoms with van der Waals surface area (Å²) in [6.45, 7) is 4.17. The number of benzene rings is 1. The fraction of sp³-hybridized carbons (Fsp3) is 0.462. The summed E-state index contributed by atoms with van der Waals surface area (Å²) < 4.78 is 2.87. The van der Waals surface area contributed by atoms with Crippen molar-refractivity contribution in [2.24, 2.45) is 5.92 Å². The van der Waals surface area contributed by atoms with Crippen molar-refractivity contribution in [3.63, 3.8) is 0 Å². The number of hydrogen-bond acceptors (Lipinski definition) is 4. The van der Waals surface area contributed by atoms with Crippen LogP contribution in [0.5, 0.6) is 0 Å². The number of hydrogen-bond donors (Lipinski definition) is 1. The minimum Gasteiger partial charge on any atom is -0.398 e. The molecule has 1 aliphatic rings. The summed E-state index contributed by atoms with van der Waals surface area (Å²) in [6, 6.07) is 4.26. The third-order valence-corrected chi connectivity index (χ3v) is 4.29. The first-order valence-electron chi connectivity index (χ1n) is 6.41. The lowest BCUT2D eigenvalue weighted by molar-refractivity contribution is 0.433. The first-order valence-corrected chi connectivity index (χ1v) is 7.21. The Morgan fingerprint density at radius 2 is 2.16 bits per heavy atom. The molecule has 1 aromatic carbocycles. The van der Waals surface area contributed by atoms with Crippen LogP contribution in [-0.4, -0.2) is 20.2 Å². The molecule has 3 rings (SSSR count). The third-order valence-electron chi connectivity index (χ3n) is 3.84. The molecule has 2 aromatic rings. The summed E-state index contributed by atoms with van der Waals surface area (Å²) in [5, 5.41) is 12.2. The van der Waals surface area contributed by atoms with Crippen molar-refractivity contribution in [2.75, 3.05) is 5.73 Å². The number of aromatic nitrogens is 4. The van der Waals surface area contributed by atoms with E-state index in [2.05, 4.69) is 38.4 Å². The van der Waals surface area contributed by atoms with Crippen molar-refractivity contribution in [3.8, 4) is 11.4 Å². The first-order chi connectivity index (χ1) is 9.08. The van der Waals surface area contributed by atoms with E-state index in [1.54, 1.807) is 0 Å². The number of anilines is 1. The van der Waals surface area contributed by atoms with Crippen molar-refractivity contribution >= 4 is 21.6 Å². The van der Waals surface area contributed by atoms with Crippen molar-refractivity contribution in [2.45, 2.75) is 32.7 Å². The van der Waals surface area contributed by atoms with Gasteiger partial charge >= 0.3 is 0 Å². The largest absolute Gasteiger partial charge is 0.398 e. The molecule has 19 heavy (non-hydrogen) atoms. The van der Waals surface area contributed by atoms with Gasteiger partial charge in [-0.2, -0.15) is 0 Å². The highest BCUT2D eigenvalue weighted by atomic mass is 79.9. The maximum absolute atomic E-state index is 6.02. The molecule has 0 amide bonds. The van der Waals surface area contributed by atoms with Crippen molar-refractivity contribution in [3.05, 3.63) is 22.2 Å². The van der Waals surface area contributed by atoms with Gasteiger partial charge in [-0.05, 0) is 60.7 Å². The van der Waals surface area contributed by atoms with Gasteiger partial charge < -0.3 is 5.73 Å². The minimum atomic E-state index is 0.338. The molecule has 0 saturated heterocycles. The highest BCUT2D eigenvalue weighted by Crippen LogP contribution is 2.40. The average Bonchev–Trinajstić information content (AvgIpc) is 3.10. The van der Waals surface area contributed by atoms with E-state index in [0.717, 1.165) is 27.1 Å². The topological polar surface area (TPSA) is 69.6 Å². The first kappa shape index (κ1) is 12.6. The molecule has 0 radical (unpaired) electrons. The molecular weight excluding hydrogens is 306 g/mol. The van der Waals surface area contributed by atoms with Gasteiger partial charge in [0.1, 0.15) is 0 Å². The third kappa shape index (κ3) is 2.25. The van der Waals surface area contributed by atoms with E-state index in [0.29, 0.717) is 12.0 Å². The molecule has 1 atom stereocenters. The molecule has 2 N–H and O–H groups in total. The van der Waals surface area contributed by atoms with Gasteiger partial charge in [-0.25, -0.2) is 4.68 Å². The number of tetrazole rings is 1. The highest BCUT2D eigenvalue weighted by Gasteiger charge is 2.32. The minimum absolute atomic E-state index is 0.338. The summed E-state index contributed by atoms with van der Waals surface area (Å²) in [5.41, 5.74) is 8.77. The van der Waals surface area contributed by atoms with E-state index in [1.165, 1.54) is 12.8 Å². The van der Waals surface area contributed by atoms with E-state index >= 15 is 0 Å². The Balaban J connectivity index is 2.10. The summed E-state index contributed by atoms with van der Waals surface area (Å²) in [6.07, 6.45) is 2.53. The smallest absolute Gasteiger partial charge is 0.182 e. The van der Waals surface area contributed by atoms with Crippen LogP contribution in [0.15, 0.2) is 16.6 Å². The van der Waals surface area contributed by atoms with Crippen LogP contribution >= 0.6 is 15.9 Å². The Morgan fingerprint density at radius 3 is 2.84 bits per heavy atom. The van der Waals surface area contributed by atoms with Gasteiger partial charge in [0.15, 0.2) is 5.82 Å². The van der Waals surface area contributed by atoms with Crippen LogP contribution in [0.3, 0.4) is 0 Å². The molecule has 100 valence electrons. The number of nitrogens with zero attached hydrogens (tertiary/aromatic N) is 4.